The quantitative estimate of drug-likeness (QED) is 0.610. The van der Waals surface area contributed by atoms with Gasteiger partial charge in [0.2, 0.25) is 5.91 Å². The van der Waals surface area contributed by atoms with Gasteiger partial charge in [0.1, 0.15) is 6.04 Å². The molecule has 3 aromatic rings. The number of benzene rings is 1. The molecule has 1 aliphatic carbocycles. The Morgan fingerprint density at radius 2 is 1.81 bits per heavy atom. The van der Waals surface area contributed by atoms with Crippen LogP contribution >= 0.6 is 11.5 Å². The molecule has 1 fully saturated rings. The molecule has 1 atom stereocenters. The van der Waals surface area contributed by atoms with E-state index in [-0.39, 0.29) is 30.1 Å². The molecule has 2 heterocycles. The SMILES string of the molecule is O=C(NC1CCCCC1)C(c1ccncc1)N(Cc1ccccc1)C(=O)c1csnn1. The third kappa shape index (κ3) is 5.32. The first-order chi connectivity index (χ1) is 15.2. The summed E-state index contributed by atoms with van der Waals surface area (Å²) in [6.07, 6.45) is 8.66. The number of hydrogen-bond acceptors (Lipinski definition) is 6. The van der Waals surface area contributed by atoms with Crippen molar-refractivity contribution in [1.29, 1.82) is 0 Å². The zero-order valence-electron chi connectivity index (χ0n) is 17.2. The first-order valence-corrected chi connectivity index (χ1v) is 11.4. The summed E-state index contributed by atoms with van der Waals surface area (Å²) in [7, 11) is 0. The Bertz CT molecular complexity index is 976. The molecule has 8 heteroatoms. The number of nitrogens with zero attached hydrogens (tertiary/aromatic N) is 4. The molecule has 31 heavy (non-hydrogen) atoms. The number of carbonyl (C=O) groups is 2. The lowest BCUT2D eigenvalue weighted by Gasteiger charge is -2.33. The van der Waals surface area contributed by atoms with Gasteiger partial charge < -0.3 is 10.2 Å². The smallest absolute Gasteiger partial charge is 0.276 e. The summed E-state index contributed by atoms with van der Waals surface area (Å²) in [5, 5.41) is 8.77. The van der Waals surface area contributed by atoms with Gasteiger partial charge in [-0.2, -0.15) is 0 Å². The van der Waals surface area contributed by atoms with Crippen molar-refractivity contribution in [3.63, 3.8) is 0 Å². The van der Waals surface area contributed by atoms with E-state index in [0.717, 1.165) is 48.3 Å². The van der Waals surface area contributed by atoms with Gasteiger partial charge in [0.25, 0.3) is 5.91 Å². The highest BCUT2D eigenvalue weighted by atomic mass is 32.1. The minimum atomic E-state index is -0.792. The van der Waals surface area contributed by atoms with E-state index in [4.69, 9.17) is 0 Å². The Kier molecular flexibility index (Phi) is 6.99. The number of carbonyl (C=O) groups excluding carboxylic acids is 2. The van der Waals surface area contributed by atoms with E-state index < -0.39 is 6.04 Å². The predicted octanol–water partition coefficient (Wildman–Crippen LogP) is 3.77. The van der Waals surface area contributed by atoms with Crippen LogP contribution in [0.1, 0.15) is 59.8 Å². The third-order valence-corrected chi connectivity index (χ3v) is 6.07. The lowest BCUT2D eigenvalue weighted by molar-refractivity contribution is -0.127. The average molecular weight is 436 g/mol. The van der Waals surface area contributed by atoms with Crippen LogP contribution in [0.5, 0.6) is 0 Å². The molecular formula is C23H25N5O2S. The largest absolute Gasteiger partial charge is 0.351 e. The lowest BCUT2D eigenvalue weighted by Crippen LogP contribution is -2.47. The number of amides is 2. The fraction of sp³-hybridized carbons (Fsp3) is 0.348. The molecule has 0 bridgehead atoms. The second-order valence-electron chi connectivity index (χ2n) is 7.74. The van der Waals surface area contributed by atoms with Gasteiger partial charge in [0.15, 0.2) is 5.69 Å². The summed E-state index contributed by atoms with van der Waals surface area (Å²) >= 11 is 1.12. The molecule has 2 amide bonds. The van der Waals surface area contributed by atoms with E-state index >= 15 is 0 Å². The Balaban J connectivity index is 1.69. The van der Waals surface area contributed by atoms with Gasteiger partial charge in [0.05, 0.1) is 0 Å². The lowest BCUT2D eigenvalue weighted by atomic mass is 9.94. The standard InChI is InChI=1S/C23H25N5O2S/c29-22(25-19-9-5-2-6-10-19)21(18-11-13-24-14-12-18)28(15-17-7-3-1-4-8-17)23(30)20-16-31-27-26-20/h1,3-4,7-8,11-14,16,19,21H,2,5-6,9-10,15H2,(H,25,29). The number of nitrogens with one attached hydrogen (secondary N) is 1. The van der Waals surface area contributed by atoms with Gasteiger partial charge >= 0.3 is 0 Å². The number of hydrogen-bond donors (Lipinski definition) is 1. The summed E-state index contributed by atoms with van der Waals surface area (Å²) in [6, 6.07) is 12.6. The van der Waals surface area contributed by atoms with Crippen molar-refractivity contribution in [2.75, 3.05) is 0 Å². The van der Waals surface area contributed by atoms with Gasteiger partial charge in [-0.15, -0.1) is 5.10 Å². The molecule has 1 aliphatic rings. The predicted molar refractivity (Wildman–Crippen MR) is 118 cm³/mol. The van der Waals surface area contributed by atoms with Crippen LogP contribution < -0.4 is 5.32 Å². The molecule has 0 spiro atoms. The summed E-state index contributed by atoms with van der Waals surface area (Å²) in [6.45, 7) is 0.280. The second-order valence-corrected chi connectivity index (χ2v) is 8.35. The van der Waals surface area contributed by atoms with E-state index in [1.807, 2.05) is 30.3 Å². The van der Waals surface area contributed by atoms with Crippen LogP contribution in [0, 0.1) is 0 Å². The normalized spacial score (nSPS) is 15.2. The Labute approximate surface area is 185 Å². The number of aromatic nitrogens is 3. The van der Waals surface area contributed by atoms with E-state index in [9.17, 15) is 9.59 Å². The Morgan fingerprint density at radius 3 is 2.48 bits per heavy atom. The van der Waals surface area contributed by atoms with Crippen LogP contribution in [0.3, 0.4) is 0 Å². The summed E-state index contributed by atoms with van der Waals surface area (Å²) in [4.78, 5) is 32.7. The number of pyridine rings is 1. The highest BCUT2D eigenvalue weighted by Crippen LogP contribution is 2.27. The van der Waals surface area contributed by atoms with Crippen molar-refractivity contribution < 1.29 is 9.59 Å². The van der Waals surface area contributed by atoms with Crippen molar-refractivity contribution in [3.8, 4) is 0 Å². The van der Waals surface area contributed by atoms with E-state index in [1.165, 1.54) is 6.42 Å². The molecule has 2 aromatic heterocycles. The van der Waals surface area contributed by atoms with Gasteiger partial charge in [-0.25, -0.2) is 0 Å². The minimum absolute atomic E-state index is 0.139. The number of rotatable bonds is 7. The van der Waals surface area contributed by atoms with Crippen LogP contribution in [-0.2, 0) is 11.3 Å². The fourth-order valence-corrected chi connectivity index (χ4v) is 4.44. The second kappa shape index (κ2) is 10.3. The molecule has 4 rings (SSSR count). The van der Waals surface area contributed by atoms with Gasteiger partial charge in [-0.05, 0) is 47.6 Å². The molecule has 0 radical (unpaired) electrons. The average Bonchev–Trinajstić information content (AvgIpc) is 3.35. The molecular weight excluding hydrogens is 410 g/mol. The summed E-state index contributed by atoms with van der Waals surface area (Å²) in [5.41, 5.74) is 1.89. The molecule has 1 saturated carbocycles. The maximum absolute atomic E-state index is 13.6. The zero-order chi connectivity index (χ0) is 21.5. The van der Waals surface area contributed by atoms with Crippen molar-refractivity contribution in [1.82, 2.24) is 24.8 Å². The topological polar surface area (TPSA) is 88.1 Å². The molecule has 160 valence electrons. The van der Waals surface area contributed by atoms with Gasteiger partial charge in [-0.1, -0.05) is 54.1 Å². The van der Waals surface area contributed by atoms with Crippen molar-refractivity contribution in [3.05, 3.63) is 77.1 Å². The molecule has 0 aliphatic heterocycles. The van der Waals surface area contributed by atoms with Gasteiger partial charge in [-0.3, -0.25) is 14.6 Å². The van der Waals surface area contributed by atoms with Gasteiger partial charge in [0, 0.05) is 30.4 Å². The molecule has 1 unspecified atom stereocenters. The van der Waals surface area contributed by atoms with E-state index in [1.54, 1.807) is 34.8 Å². The minimum Gasteiger partial charge on any atom is -0.351 e. The zero-order valence-corrected chi connectivity index (χ0v) is 18.0. The van der Waals surface area contributed by atoms with Crippen LogP contribution in [0.15, 0.2) is 60.2 Å². The van der Waals surface area contributed by atoms with Crippen LogP contribution in [0.2, 0.25) is 0 Å². The molecule has 7 nitrogen and oxygen atoms in total. The maximum atomic E-state index is 13.6. The summed E-state index contributed by atoms with van der Waals surface area (Å²) < 4.78 is 3.84. The monoisotopic (exact) mass is 435 g/mol. The van der Waals surface area contributed by atoms with Crippen molar-refractivity contribution in [2.24, 2.45) is 0 Å². The van der Waals surface area contributed by atoms with Crippen molar-refractivity contribution in [2.45, 2.75) is 50.7 Å². The van der Waals surface area contributed by atoms with E-state index in [2.05, 4.69) is 19.9 Å². The Hall–Kier alpha value is -3.13. The first kappa shape index (κ1) is 21.1. The summed E-state index contributed by atoms with van der Waals surface area (Å²) in [5.74, 6) is -0.497. The highest BCUT2D eigenvalue weighted by Gasteiger charge is 2.34. The highest BCUT2D eigenvalue weighted by molar-refractivity contribution is 7.03. The van der Waals surface area contributed by atoms with E-state index in [0.29, 0.717) is 0 Å². The maximum Gasteiger partial charge on any atom is 0.276 e. The van der Waals surface area contributed by atoms with Crippen molar-refractivity contribution >= 4 is 23.3 Å². The molecule has 1 aromatic carbocycles. The first-order valence-electron chi connectivity index (χ1n) is 10.5. The Morgan fingerprint density at radius 1 is 1.06 bits per heavy atom. The third-order valence-electron chi connectivity index (χ3n) is 5.57. The van der Waals surface area contributed by atoms with Crippen LogP contribution in [0.4, 0.5) is 0 Å². The molecule has 0 saturated heterocycles. The van der Waals surface area contributed by atoms with Crippen LogP contribution in [-0.4, -0.2) is 37.3 Å². The fourth-order valence-electron chi connectivity index (χ4n) is 4.01. The molecule has 1 N–H and O–H groups in total. The van der Waals surface area contributed by atoms with Crippen LogP contribution in [0.25, 0.3) is 0 Å².